The van der Waals surface area contributed by atoms with Gasteiger partial charge in [-0.25, -0.2) is 4.39 Å². The largest absolute Gasteiger partial charge is 0.494 e. The molecule has 1 heterocycles. The van der Waals surface area contributed by atoms with Crippen molar-refractivity contribution in [1.82, 2.24) is 0 Å². The summed E-state index contributed by atoms with van der Waals surface area (Å²) in [7, 11) is 0. The van der Waals surface area contributed by atoms with Gasteiger partial charge in [-0.15, -0.1) is 0 Å². The molecule has 0 aliphatic carbocycles. The molecule has 0 bridgehead atoms. The van der Waals surface area contributed by atoms with Crippen LogP contribution in [0, 0.1) is 5.82 Å². The number of hydrogen-bond donors (Lipinski definition) is 0. The first kappa shape index (κ1) is 13.4. The molecule has 0 aromatic heterocycles. The van der Waals surface area contributed by atoms with E-state index in [2.05, 4.69) is 0 Å². The SMILES string of the molecule is CCOc1ccc2c(c1)OC(=Cc1cccc(F)c1)C2=O. The van der Waals surface area contributed by atoms with Gasteiger partial charge in [0.25, 0.3) is 0 Å². The molecule has 1 aliphatic rings. The van der Waals surface area contributed by atoms with Crippen LogP contribution in [0.2, 0.25) is 0 Å². The second-order valence-electron chi connectivity index (χ2n) is 4.59. The van der Waals surface area contributed by atoms with Gasteiger partial charge in [0.1, 0.15) is 17.3 Å². The number of halogens is 1. The highest BCUT2D eigenvalue weighted by atomic mass is 19.1. The summed E-state index contributed by atoms with van der Waals surface area (Å²) in [6, 6.07) is 11.1. The Balaban J connectivity index is 1.92. The minimum absolute atomic E-state index is 0.184. The fraction of sp³-hybridized carbons (Fsp3) is 0.118. The molecule has 3 nitrogen and oxygen atoms in total. The van der Waals surface area contributed by atoms with Gasteiger partial charge < -0.3 is 9.47 Å². The topological polar surface area (TPSA) is 35.5 Å². The average molecular weight is 284 g/mol. The molecule has 1 aliphatic heterocycles. The maximum absolute atomic E-state index is 13.2. The van der Waals surface area contributed by atoms with Gasteiger partial charge >= 0.3 is 0 Å². The van der Waals surface area contributed by atoms with Crippen molar-refractivity contribution in [2.24, 2.45) is 0 Å². The molecule has 4 heteroatoms. The van der Waals surface area contributed by atoms with E-state index in [1.54, 1.807) is 30.3 Å². The van der Waals surface area contributed by atoms with Gasteiger partial charge in [-0.2, -0.15) is 0 Å². The minimum atomic E-state index is -0.356. The van der Waals surface area contributed by atoms with E-state index in [4.69, 9.17) is 9.47 Å². The smallest absolute Gasteiger partial charge is 0.231 e. The second-order valence-corrected chi connectivity index (χ2v) is 4.59. The third-order valence-corrected chi connectivity index (χ3v) is 3.10. The molecule has 0 amide bonds. The second kappa shape index (κ2) is 5.40. The average Bonchev–Trinajstić information content (AvgIpc) is 2.75. The molecule has 0 saturated carbocycles. The molecule has 0 unspecified atom stereocenters. The molecule has 3 rings (SSSR count). The highest BCUT2D eigenvalue weighted by Gasteiger charge is 2.27. The van der Waals surface area contributed by atoms with Gasteiger partial charge in [0.15, 0.2) is 5.76 Å². The highest BCUT2D eigenvalue weighted by Crippen LogP contribution is 2.34. The summed E-state index contributed by atoms with van der Waals surface area (Å²) in [4.78, 5) is 12.2. The standard InChI is InChI=1S/C17H13FO3/c1-2-20-13-6-7-14-15(10-13)21-16(17(14)19)9-11-4-3-5-12(18)8-11/h3-10H,2H2,1H3. The third kappa shape index (κ3) is 2.65. The van der Waals surface area contributed by atoms with Gasteiger partial charge in [0.05, 0.1) is 12.2 Å². The first-order valence-corrected chi connectivity index (χ1v) is 6.64. The Morgan fingerprint density at radius 1 is 1.24 bits per heavy atom. The molecule has 0 radical (unpaired) electrons. The van der Waals surface area contributed by atoms with Crippen molar-refractivity contribution in [3.8, 4) is 11.5 Å². The summed E-state index contributed by atoms with van der Waals surface area (Å²) in [5.74, 6) is 0.733. The van der Waals surface area contributed by atoms with E-state index in [1.165, 1.54) is 18.2 Å². The molecule has 106 valence electrons. The Morgan fingerprint density at radius 3 is 2.86 bits per heavy atom. The molecule has 2 aromatic rings. The zero-order chi connectivity index (χ0) is 14.8. The van der Waals surface area contributed by atoms with Crippen molar-refractivity contribution in [2.75, 3.05) is 6.61 Å². The van der Waals surface area contributed by atoms with Crippen LogP contribution in [0.3, 0.4) is 0 Å². The summed E-state index contributed by atoms with van der Waals surface area (Å²) in [6.45, 7) is 2.42. The van der Waals surface area contributed by atoms with E-state index in [0.717, 1.165) is 0 Å². The van der Waals surface area contributed by atoms with Crippen LogP contribution in [0.1, 0.15) is 22.8 Å². The number of allylic oxidation sites excluding steroid dienone is 1. The molecular formula is C17H13FO3. The van der Waals surface area contributed by atoms with Crippen molar-refractivity contribution >= 4 is 11.9 Å². The van der Waals surface area contributed by atoms with Crippen LogP contribution < -0.4 is 9.47 Å². The van der Waals surface area contributed by atoms with E-state index in [1.807, 2.05) is 6.92 Å². The number of benzene rings is 2. The lowest BCUT2D eigenvalue weighted by Gasteiger charge is -2.03. The summed E-state index contributed by atoms with van der Waals surface area (Å²) < 4.78 is 24.1. The van der Waals surface area contributed by atoms with E-state index in [9.17, 15) is 9.18 Å². The Morgan fingerprint density at radius 2 is 2.10 bits per heavy atom. The number of Topliss-reactive ketones (excluding diaryl/α,β-unsaturated/α-hetero) is 1. The number of carbonyl (C=O) groups is 1. The minimum Gasteiger partial charge on any atom is -0.494 e. The summed E-state index contributed by atoms with van der Waals surface area (Å²) in [5, 5.41) is 0. The number of carbonyl (C=O) groups excluding carboxylic acids is 1. The summed E-state index contributed by atoms with van der Waals surface area (Å²) in [6.07, 6.45) is 1.53. The van der Waals surface area contributed by atoms with Gasteiger partial charge in [0, 0.05) is 6.07 Å². The molecule has 2 aromatic carbocycles. The third-order valence-electron chi connectivity index (χ3n) is 3.10. The lowest BCUT2D eigenvalue weighted by molar-refractivity contribution is 0.101. The number of rotatable bonds is 3. The normalized spacial score (nSPS) is 15.0. The number of fused-ring (bicyclic) bond motifs is 1. The Bertz CT molecular complexity index is 735. The molecule has 21 heavy (non-hydrogen) atoms. The maximum Gasteiger partial charge on any atom is 0.231 e. The van der Waals surface area contributed by atoms with Gasteiger partial charge in [-0.1, -0.05) is 12.1 Å². The Hall–Kier alpha value is -2.62. The number of hydrogen-bond acceptors (Lipinski definition) is 3. The van der Waals surface area contributed by atoms with E-state index in [-0.39, 0.29) is 17.4 Å². The fourth-order valence-corrected chi connectivity index (χ4v) is 2.17. The molecule has 0 saturated heterocycles. The lowest BCUT2D eigenvalue weighted by atomic mass is 10.1. The highest BCUT2D eigenvalue weighted by molar-refractivity contribution is 6.14. The summed E-state index contributed by atoms with van der Waals surface area (Å²) >= 11 is 0. The van der Waals surface area contributed by atoms with Crippen LogP contribution in [0.5, 0.6) is 11.5 Å². The van der Waals surface area contributed by atoms with Crippen molar-refractivity contribution in [2.45, 2.75) is 6.92 Å². The Kier molecular flexibility index (Phi) is 3.44. The van der Waals surface area contributed by atoms with E-state index >= 15 is 0 Å². The molecule has 0 N–H and O–H groups in total. The summed E-state index contributed by atoms with van der Waals surface area (Å²) in [5.41, 5.74) is 1.07. The Labute approximate surface area is 121 Å². The van der Waals surface area contributed by atoms with Crippen molar-refractivity contribution in [1.29, 1.82) is 0 Å². The monoisotopic (exact) mass is 284 g/mol. The van der Waals surface area contributed by atoms with Crippen molar-refractivity contribution in [3.63, 3.8) is 0 Å². The van der Waals surface area contributed by atoms with Crippen LogP contribution in [0.15, 0.2) is 48.2 Å². The molecule has 0 atom stereocenters. The number of ether oxygens (including phenoxy) is 2. The fourth-order valence-electron chi connectivity index (χ4n) is 2.17. The van der Waals surface area contributed by atoms with Gasteiger partial charge in [-0.3, -0.25) is 4.79 Å². The zero-order valence-electron chi connectivity index (χ0n) is 11.4. The quantitative estimate of drug-likeness (QED) is 0.803. The predicted octanol–water partition coefficient (Wildman–Crippen LogP) is 3.84. The molecular weight excluding hydrogens is 271 g/mol. The van der Waals surface area contributed by atoms with E-state index in [0.29, 0.717) is 29.2 Å². The van der Waals surface area contributed by atoms with Crippen LogP contribution in [0.25, 0.3) is 6.08 Å². The van der Waals surface area contributed by atoms with Crippen molar-refractivity contribution < 1.29 is 18.7 Å². The van der Waals surface area contributed by atoms with Crippen LogP contribution in [-0.4, -0.2) is 12.4 Å². The van der Waals surface area contributed by atoms with Crippen molar-refractivity contribution in [3.05, 3.63) is 65.2 Å². The first-order valence-electron chi connectivity index (χ1n) is 6.64. The van der Waals surface area contributed by atoms with Gasteiger partial charge in [-0.05, 0) is 42.8 Å². The molecule has 0 fully saturated rings. The van der Waals surface area contributed by atoms with Crippen LogP contribution in [-0.2, 0) is 0 Å². The van der Waals surface area contributed by atoms with Crippen LogP contribution in [0.4, 0.5) is 4.39 Å². The first-order chi connectivity index (χ1) is 10.2. The maximum atomic E-state index is 13.2. The van der Waals surface area contributed by atoms with Crippen LogP contribution >= 0.6 is 0 Å². The predicted molar refractivity (Wildman–Crippen MR) is 76.9 cm³/mol. The van der Waals surface area contributed by atoms with Gasteiger partial charge in [0.2, 0.25) is 5.78 Å². The van der Waals surface area contributed by atoms with E-state index < -0.39 is 0 Å². The number of ketones is 1. The lowest BCUT2D eigenvalue weighted by Crippen LogP contribution is -1.98. The molecule has 0 spiro atoms. The zero-order valence-corrected chi connectivity index (χ0v) is 11.4.